The van der Waals surface area contributed by atoms with Gasteiger partial charge in [-0.2, -0.15) is 0 Å². The Balaban J connectivity index is 1.60. The number of unbranched alkanes of at least 4 members (excludes halogenated alkanes) is 1. The van der Waals surface area contributed by atoms with Gasteiger partial charge < -0.3 is 15.0 Å². The Morgan fingerprint density at radius 2 is 1.90 bits per heavy atom. The molecule has 5 heteroatoms. The molecule has 122 valence electrons. The first-order chi connectivity index (χ1) is 10.1. The number of carbonyl (C=O) groups excluding carboxylic acids is 1. The second kappa shape index (κ2) is 7.56. The fourth-order valence-corrected chi connectivity index (χ4v) is 3.16. The van der Waals surface area contributed by atoms with Crippen molar-refractivity contribution in [2.24, 2.45) is 0 Å². The van der Waals surface area contributed by atoms with Gasteiger partial charge in [0.25, 0.3) is 0 Å². The van der Waals surface area contributed by atoms with Gasteiger partial charge in [-0.05, 0) is 52.6 Å². The number of hydrogen-bond acceptors (Lipinski definition) is 5. The molecule has 0 amide bonds. The first-order valence-corrected chi connectivity index (χ1v) is 8.33. The third kappa shape index (κ3) is 4.66. The monoisotopic (exact) mass is 297 g/mol. The molecule has 1 atom stereocenters. The van der Waals surface area contributed by atoms with Crippen LogP contribution in [0.25, 0.3) is 0 Å². The normalized spacial score (nSPS) is 23.8. The predicted molar refractivity (Wildman–Crippen MR) is 84.4 cm³/mol. The number of esters is 1. The highest BCUT2D eigenvalue weighted by molar-refractivity contribution is 5.80. The van der Waals surface area contributed by atoms with Gasteiger partial charge in [0.2, 0.25) is 0 Å². The van der Waals surface area contributed by atoms with E-state index in [4.69, 9.17) is 4.74 Å². The zero-order chi connectivity index (χ0) is 15.3. The third-order valence-electron chi connectivity index (χ3n) is 5.06. The van der Waals surface area contributed by atoms with E-state index in [1.54, 1.807) is 0 Å². The Bertz CT molecular complexity index is 338. The molecule has 0 aromatic carbocycles. The van der Waals surface area contributed by atoms with Gasteiger partial charge in [0.05, 0.1) is 7.11 Å². The third-order valence-corrected chi connectivity index (χ3v) is 5.06. The molecule has 2 fully saturated rings. The Kier molecular flexibility index (Phi) is 6.02. The minimum Gasteiger partial charge on any atom is -0.468 e. The van der Waals surface area contributed by atoms with Crippen LogP contribution in [0.15, 0.2) is 0 Å². The molecule has 2 aliphatic rings. The maximum Gasteiger partial charge on any atom is 0.325 e. The van der Waals surface area contributed by atoms with Crippen LogP contribution in [0, 0.1) is 0 Å². The lowest BCUT2D eigenvalue weighted by molar-refractivity contribution is -0.148. The molecule has 1 N–H and O–H groups in total. The lowest BCUT2D eigenvalue weighted by Crippen LogP contribution is -2.48. The van der Waals surface area contributed by atoms with Gasteiger partial charge in [-0.1, -0.05) is 0 Å². The summed E-state index contributed by atoms with van der Waals surface area (Å²) < 4.78 is 4.88. The summed E-state index contributed by atoms with van der Waals surface area (Å²) in [5, 5.41) is 3.10. The van der Waals surface area contributed by atoms with Crippen molar-refractivity contribution in [1.29, 1.82) is 0 Å². The van der Waals surface area contributed by atoms with Crippen LogP contribution in [-0.2, 0) is 9.53 Å². The van der Waals surface area contributed by atoms with Crippen LogP contribution >= 0.6 is 0 Å². The second-order valence-electron chi connectivity index (χ2n) is 6.64. The van der Waals surface area contributed by atoms with E-state index >= 15 is 0 Å². The average molecular weight is 297 g/mol. The molecule has 1 heterocycles. The van der Waals surface area contributed by atoms with E-state index in [2.05, 4.69) is 15.1 Å². The van der Waals surface area contributed by atoms with E-state index in [1.807, 2.05) is 14.0 Å². The second-order valence-corrected chi connectivity index (χ2v) is 6.64. The first-order valence-electron chi connectivity index (χ1n) is 8.33. The van der Waals surface area contributed by atoms with Crippen LogP contribution < -0.4 is 5.32 Å². The van der Waals surface area contributed by atoms with Gasteiger partial charge in [0.15, 0.2) is 0 Å². The van der Waals surface area contributed by atoms with Crippen LogP contribution in [-0.4, -0.2) is 74.2 Å². The predicted octanol–water partition coefficient (Wildman–Crippen LogP) is 1.09. The van der Waals surface area contributed by atoms with Crippen molar-refractivity contribution in [3.63, 3.8) is 0 Å². The summed E-state index contributed by atoms with van der Waals surface area (Å²) in [5.74, 6) is -0.164. The molecular weight excluding hydrogens is 266 g/mol. The maximum absolute atomic E-state index is 11.8. The molecule has 1 unspecified atom stereocenters. The molecule has 1 aliphatic heterocycles. The summed E-state index contributed by atoms with van der Waals surface area (Å²) in [7, 11) is 3.28. The number of piperazine rings is 1. The number of ether oxygens (including phenoxy) is 1. The maximum atomic E-state index is 11.8. The van der Waals surface area contributed by atoms with Gasteiger partial charge in [-0.25, -0.2) is 0 Å². The van der Waals surface area contributed by atoms with Crippen LogP contribution in [0.2, 0.25) is 0 Å². The van der Waals surface area contributed by atoms with Crippen molar-refractivity contribution in [2.45, 2.75) is 50.6 Å². The minimum absolute atomic E-state index is 0.164. The summed E-state index contributed by atoms with van der Waals surface area (Å²) in [5.41, 5.74) is -0.542. The van der Waals surface area contributed by atoms with E-state index < -0.39 is 5.54 Å². The first kappa shape index (κ1) is 16.7. The van der Waals surface area contributed by atoms with Crippen molar-refractivity contribution in [1.82, 2.24) is 15.1 Å². The zero-order valence-electron chi connectivity index (χ0n) is 13.9. The number of hydrogen-bond donors (Lipinski definition) is 1. The molecule has 0 aromatic rings. The van der Waals surface area contributed by atoms with E-state index in [9.17, 15) is 4.79 Å². The number of rotatable bonds is 8. The highest BCUT2D eigenvalue weighted by Gasteiger charge is 2.32. The summed E-state index contributed by atoms with van der Waals surface area (Å²) in [6.45, 7) is 7.96. The number of methoxy groups -OCH3 is 1. The highest BCUT2D eigenvalue weighted by atomic mass is 16.5. The molecule has 1 saturated heterocycles. The molecule has 0 radical (unpaired) electrons. The summed E-state index contributed by atoms with van der Waals surface area (Å²) >= 11 is 0. The Morgan fingerprint density at radius 1 is 1.24 bits per heavy atom. The van der Waals surface area contributed by atoms with Crippen LogP contribution in [0.5, 0.6) is 0 Å². The van der Waals surface area contributed by atoms with Gasteiger partial charge in [0, 0.05) is 32.2 Å². The number of nitrogens with one attached hydrogen (secondary N) is 1. The quantitative estimate of drug-likeness (QED) is 0.537. The molecule has 0 aromatic heterocycles. The minimum atomic E-state index is -0.542. The van der Waals surface area contributed by atoms with Crippen LogP contribution in [0.1, 0.15) is 39.0 Å². The van der Waals surface area contributed by atoms with Crippen molar-refractivity contribution in [2.75, 3.05) is 46.9 Å². The number of likely N-dealkylation sites (N-methyl/N-ethyl adjacent to an activating group) is 1. The zero-order valence-corrected chi connectivity index (χ0v) is 13.9. The topological polar surface area (TPSA) is 44.8 Å². The van der Waals surface area contributed by atoms with Crippen LogP contribution in [0.3, 0.4) is 0 Å². The number of carbonyl (C=O) groups is 1. The Morgan fingerprint density at radius 3 is 2.43 bits per heavy atom. The molecule has 5 nitrogen and oxygen atoms in total. The largest absolute Gasteiger partial charge is 0.468 e. The molecule has 1 aliphatic carbocycles. The molecular formula is C16H31N3O2. The average Bonchev–Trinajstić information content (AvgIpc) is 3.36. The number of nitrogens with zero attached hydrogens (tertiary/aromatic N) is 2. The SMILES string of the molecule is CNC(C)(CCCCN1CCN(C2CC2)CC1)C(=O)OC. The lowest BCUT2D eigenvalue weighted by atomic mass is 9.95. The molecule has 2 rings (SSSR count). The van der Waals surface area contributed by atoms with E-state index in [0.717, 1.165) is 31.8 Å². The van der Waals surface area contributed by atoms with Gasteiger partial charge in [-0.3, -0.25) is 9.69 Å². The lowest BCUT2D eigenvalue weighted by Gasteiger charge is -2.35. The highest BCUT2D eigenvalue weighted by Crippen LogP contribution is 2.27. The fourth-order valence-electron chi connectivity index (χ4n) is 3.16. The van der Waals surface area contributed by atoms with E-state index in [0.29, 0.717) is 0 Å². The summed E-state index contributed by atoms with van der Waals surface area (Å²) in [6, 6.07) is 0.906. The van der Waals surface area contributed by atoms with Crippen molar-refractivity contribution in [3.8, 4) is 0 Å². The Hall–Kier alpha value is -0.650. The van der Waals surface area contributed by atoms with E-state index in [1.165, 1.54) is 46.1 Å². The summed E-state index contributed by atoms with van der Waals surface area (Å²) in [6.07, 6.45) is 5.86. The Labute approximate surface area is 129 Å². The van der Waals surface area contributed by atoms with Gasteiger partial charge >= 0.3 is 5.97 Å². The smallest absolute Gasteiger partial charge is 0.325 e. The standard InChI is InChI=1S/C16H31N3O2/c1-16(17-2,15(20)21-3)8-4-5-9-18-10-12-19(13-11-18)14-6-7-14/h14,17H,4-13H2,1-3H3. The molecule has 21 heavy (non-hydrogen) atoms. The van der Waals surface area contributed by atoms with Crippen molar-refractivity contribution < 1.29 is 9.53 Å². The molecule has 1 saturated carbocycles. The van der Waals surface area contributed by atoms with Gasteiger partial charge in [0.1, 0.15) is 5.54 Å². The molecule has 0 spiro atoms. The van der Waals surface area contributed by atoms with E-state index in [-0.39, 0.29) is 5.97 Å². The molecule has 0 bridgehead atoms. The van der Waals surface area contributed by atoms with Crippen molar-refractivity contribution in [3.05, 3.63) is 0 Å². The van der Waals surface area contributed by atoms with Gasteiger partial charge in [-0.15, -0.1) is 0 Å². The van der Waals surface area contributed by atoms with Crippen molar-refractivity contribution >= 4 is 5.97 Å². The fraction of sp³-hybridized carbons (Fsp3) is 0.938. The summed E-state index contributed by atoms with van der Waals surface area (Å²) in [4.78, 5) is 17.0. The van der Waals surface area contributed by atoms with Crippen LogP contribution in [0.4, 0.5) is 0 Å².